The second-order valence-corrected chi connectivity index (χ2v) is 11.3. The molecule has 3 heterocycles. The minimum Gasteiger partial charge on any atom is -0.481 e. The summed E-state index contributed by atoms with van der Waals surface area (Å²) in [6.07, 6.45) is 5.58. The fraction of sp³-hybridized carbons (Fsp3) is 0.294. The standard InChI is InChI=1S/C34H36N4O4/c1-22-8-7-9-23(2)32(22)28-15-27(17-35-18-28)29(16-31(40)41)36-34(42)33(26-10-5-4-6-11-26)38-21-24(12-13-30(38)39)14-25-19-37(3)20-25/h4-13,15,17-18,21,25,29,33H,14,16,19-20H2,1-3H3,(H,36,42)(H,40,41)/t29-,33?/m0/s1. The molecule has 1 aliphatic rings. The van der Waals surface area contributed by atoms with Gasteiger partial charge in [0.2, 0.25) is 5.91 Å². The zero-order valence-corrected chi connectivity index (χ0v) is 24.2. The topological polar surface area (TPSA) is 105 Å². The van der Waals surface area contributed by atoms with E-state index in [0.717, 1.165) is 47.3 Å². The molecule has 1 aliphatic heterocycles. The Bertz CT molecular complexity index is 1620. The fourth-order valence-electron chi connectivity index (χ4n) is 5.97. The number of nitrogens with zero attached hydrogens (tertiary/aromatic N) is 3. The van der Waals surface area contributed by atoms with Crippen molar-refractivity contribution in [3.8, 4) is 11.1 Å². The summed E-state index contributed by atoms with van der Waals surface area (Å²) in [5.41, 5.74) is 5.90. The van der Waals surface area contributed by atoms with Crippen molar-refractivity contribution < 1.29 is 14.7 Å². The van der Waals surface area contributed by atoms with Crippen molar-refractivity contribution >= 4 is 11.9 Å². The number of benzene rings is 2. The van der Waals surface area contributed by atoms with E-state index < -0.39 is 24.0 Å². The lowest BCUT2D eigenvalue weighted by atomic mass is 9.93. The Balaban J connectivity index is 1.50. The summed E-state index contributed by atoms with van der Waals surface area (Å²) in [5.74, 6) is -1.02. The van der Waals surface area contributed by atoms with Gasteiger partial charge in [-0.25, -0.2) is 0 Å². The fourth-order valence-corrected chi connectivity index (χ4v) is 5.97. The van der Waals surface area contributed by atoms with Crippen LogP contribution < -0.4 is 10.9 Å². The molecular weight excluding hydrogens is 528 g/mol. The monoisotopic (exact) mass is 564 g/mol. The Labute approximate surface area is 245 Å². The predicted molar refractivity (Wildman–Crippen MR) is 162 cm³/mol. The summed E-state index contributed by atoms with van der Waals surface area (Å²) in [7, 11) is 2.08. The third-order valence-corrected chi connectivity index (χ3v) is 7.93. The zero-order chi connectivity index (χ0) is 29.8. The summed E-state index contributed by atoms with van der Waals surface area (Å²) in [4.78, 5) is 45.9. The number of carboxylic acid groups (broad SMARTS) is 1. The van der Waals surface area contributed by atoms with Crippen molar-refractivity contribution in [2.75, 3.05) is 20.1 Å². The van der Waals surface area contributed by atoms with Crippen molar-refractivity contribution in [1.82, 2.24) is 19.8 Å². The largest absolute Gasteiger partial charge is 0.481 e. The molecule has 2 N–H and O–H groups in total. The highest BCUT2D eigenvalue weighted by Gasteiger charge is 2.29. The molecule has 8 nitrogen and oxygen atoms in total. The minimum absolute atomic E-state index is 0.304. The van der Waals surface area contributed by atoms with Crippen LogP contribution in [0.3, 0.4) is 0 Å². The molecule has 42 heavy (non-hydrogen) atoms. The highest BCUT2D eigenvalue weighted by atomic mass is 16.4. The van der Waals surface area contributed by atoms with Gasteiger partial charge < -0.3 is 15.3 Å². The molecule has 0 saturated carbocycles. The number of carbonyl (C=O) groups is 2. The van der Waals surface area contributed by atoms with Gasteiger partial charge in [0.15, 0.2) is 0 Å². The van der Waals surface area contributed by atoms with Crippen LogP contribution in [0, 0.1) is 19.8 Å². The van der Waals surface area contributed by atoms with Crippen molar-refractivity contribution in [2.45, 2.75) is 38.8 Å². The molecule has 216 valence electrons. The second kappa shape index (κ2) is 12.5. The van der Waals surface area contributed by atoms with Crippen molar-refractivity contribution in [3.63, 3.8) is 0 Å². The van der Waals surface area contributed by atoms with Gasteiger partial charge >= 0.3 is 5.97 Å². The SMILES string of the molecule is Cc1cccc(C)c1-c1cncc([C@H](CC(=O)O)NC(=O)C(c2ccccc2)n2cc(CC3CN(C)C3)ccc2=O)c1. The van der Waals surface area contributed by atoms with E-state index in [4.69, 9.17) is 0 Å². The van der Waals surface area contributed by atoms with Crippen molar-refractivity contribution in [1.29, 1.82) is 0 Å². The van der Waals surface area contributed by atoms with Crippen LogP contribution in [0.1, 0.15) is 46.3 Å². The Kier molecular flexibility index (Phi) is 8.64. The molecule has 0 radical (unpaired) electrons. The first-order valence-electron chi connectivity index (χ1n) is 14.2. The van der Waals surface area contributed by atoms with E-state index in [1.54, 1.807) is 30.7 Å². The molecular formula is C34H36N4O4. The molecule has 1 unspecified atom stereocenters. The predicted octanol–water partition coefficient (Wildman–Crippen LogP) is 4.55. The Morgan fingerprint density at radius 2 is 1.69 bits per heavy atom. The maximum Gasteiger partial charge on any atom is 0.305 e. The summed E-state index contributed by atoms with van der Waals surface area (Å²) in [6, 6.07) is 18.5. The summed E-state index contributed by atoms with van der Waals surface area (Å²) >= 11 is 0. The van der Waals surface area contributed by atoms with Crippen LogP contribution in [0.4, 0.5) is 0 Å². The number of pyridine rings is 2. The molecule has 5 rings (SSSR count). The van der Waals surface area contributed by atoms with Gasteiger partial charge in [-0.2, -0.15) is 0 Å². The van der Waals surface area contributed by atoms with E-state index in [-0.39, 0.29) is 12.0 Å². The molecule has 1 fully saturated rings. The number of carboxylic acids is 1. The van der Waals surface area contributed by atoms with Crippen LogP contribution in [0.15, 0.2) is 90.1 Å². The molecule has 8 heteroatoms. The van der Waals surface area contributed by atoms with Gasteiger partial charge in [-0.3, -0.25) is 23.9 Å². The Morgan fingerprint density at radius 1 is 0.976 bits per heavy atom. The van der Waals surface area contributed by atoms with Crippen LogP contribution in [0.2, 0.25) is 0 Å². The van der Waals surface area contributed by atoms with Crippen LogP contribution in [0.25, 0.3) is 11.1 Å². The number of hydrogen-bond donors (Lipinski definition) is 2. The smallest absolute Gasteiger partial charge is 0.305 e. The number of rotatable bonds is 10. The number of aromatic nitrogens is 2. The average Bonchev–Trinajstić information content (AvgIpc) is 2.94. The van der Waals surface area contributed by atoms with Gasteiger partial charge in [0, 0.05) is 43.3 Å². The van der Waals surface area contributed by atoms with E-state index in [9.17, 15) is 19.5 Å². The van der Waals surface area contributed by atoms with Crippen LogP contribution in [-0.2, 0) is 16.0 Å². The molecule has 4 aromatic rings. The minimum atomic E-state index is -1.06. The first-order valence-corrected chi connectivity index (χ1v) is 14.2. The zero-order valence-electron chi connectivity index (χ0n) is 24.2. The van der Waals surface area contributed by atoms with E-state index in [0.29, 0.717) is 17.0 Å². The second-order valence-electron chi connectivity index (χ2n) is 11.3. The number of likely N-dealkylation sites (tertiary alicyclic amines) is 1. The maximum absolute atomic E-state index is 14.1. The number of nitrogens with one attached hydrogen (secondary N) is 1. The first-order chi connectivity index (χ1) is 20.2. The molecule has 2 aromatic heterocycles. The van der Waals surface area contributed by atoms with Crippen molar-refractivity contribution in [2.24, 2.45) is 5.92 Å². The highest BCUT2D eigenvalue weighted by molar-refractivity contribution is 5.84. The first kappa shape index (κ1) is 29.0. The summed E-state index contributed by atoms with van der Waals surface area (Å²) < 4.78 is 1.46. The molecule has 0 bridgehead atoms. The highest BCUT2D eigenvalue weighted by Crippen LogP contribution is 2.30. The van der Waals surface area contributed by atoms with Gasteiger partial charge in [-0.1, -0.05) is 54.6 Å². The Hall–Kier alpha value is -4.56. The number of amides is 1. The number of carbonyl (C=O) groups excluding carboxylic acids is 1. The molecule has 1 saturated heterocycles. The summed E-state index contributed by atoms with van der Waals surface area (Å²) in [6.45, 7) is 6.03. The van der Waals surface area contributed by atoms with Gasteiger partial charge in [0.1, 0.15) is 6.04 Å². The Morgan fingerprint density at radius 3 is 2.36 bits per heavy atom. The lowest BCUT2D eigenvalue weighted by molar-refractivity contribution is -0.137. The third kappa shape index (κ3) is 6.50. The molecule has 2 aromatic carbocycles. The van der Waals surface area contributed by atoms with E-state index in [2.05, 4.69) is 22.2 Å². The number of aliphatic carboxylic acids is 1. The van der Waals surface area contributed by atoms with E-state index in [1.165, 1.54) is 10.6 Å². The van der Waals surface area contributed by atoms with E-state index in [1.807, 2.05) is 62.4 Å². The van der Waals surface area contributed by atoms with Crippen LogP contribution >= 0.6 is 0 Å². The van der Waals surface area contributed by atoms with Crippen molar-refractivity contribution in [3.05, 3.63) is 123 Å². The van der Waals surface area contributed by atoms with Gasteiger partial charge in [-0.15, -0.1) is 0 Å². The lowest BCUT2D eigenvalue weighted by Crippen LogP contribution is -2.44. The number of aryl methyl sites for hydroxylation is 2. The van der Waals surface area contributed by atoms with Gasteiger partial charge in [-0.05, 0) is 72.7 Å². The van der Waals surface area contributed by atoms with Crippen LogP contribution in [-0.4, -0.2) is 51.6 Å². The average molecular weight is 565 g/mol. The normalized spacial score (nSPS) is 15.0. The van der Waals surface area contributed by atoms with Crippen LogP contribution in [0.5, 0.6) is 0 Å². The third-order valence-electron chi connectivity index (χ3n) is 7.93. The molecule has 1 amide bonds. The molecule has 2 atom stereocenters. The lowest BCUT2D eigenvalue weighted by Gasteiger charge is -2.36. The quantitative estimate of drug-likeness (QED) is 0.293. The van der Waals surface area contributed by atoms with Gasteiger partial charge in [0.25, 0.3) is 5.56 Å². The van der Waals surface area contributed by atoms with Gasteiger partial charge in [0.05, 0.1) is 12.5 Å². The number of hydrogen-bond acceptors (Lipinski definition) is 5. The molecule has 0 spiro atoms. The molecule has 0 aliphatic carbocycles. The maximum atomic E-state index is 14.1. The summed E-state index contributed by atoms with van der Waals surface area (Å²) in [5, 5.41) is 12.7. The van der Waals surface area contributed by atoms with E-state index >= 15 is 0 Å².